The van der Waals surface area contributed by atoms with E-state index >= 15 is 0 Å². The predicted octanol–water partition coefficient (Wildman–Crippen LogP) is 3.89. The van der Waals surface area contributed by atoms with Crippen LogP contribution in [0.15, 0.2) is 24.3 Å². The second kappa shape index (κ2) is 8.18. The van der Waals surface area contributed by atoms with E-state index in [9.17, 15) is 9.59 Å². The number of hydrogen-bond acceptors (Lipinski definition) is 4. The Morgan fingerprint density at radius 2 is 1.67 bits per heavy atom. The Morgan fingerprint density at radius 3 is 2.12 bits per heavy atom. The number of alkyl carbamates (subject to hydrolysis) is 1. The quantitative estimate of drug-likeness (QED) is 0.801. The van der Waals surface area contributed by atoms with Gasteiger partial charge in [0.15, 0.2) is 0 Å². The number of aldehydes is 1. The van der Waals surface area contributed by atoms with E-state index in [0.717, 1.165) is 17.6 Å². The molecule has 0 aliphatic heterocycles. The van der Waals surface area contributed by atoms with Crippen molar-refractivity contribution < 1.29 is 19.1 Å². The fourth-order valence-corrected chi connectivity index (χ4v) is 2.12. The van der Waals surface area contributed by atoms with Crippen molar-refractivity contribution in [2.45, 2.75) is 71.6 Å². The lowest BCUT2D eigenvalue weighted by molar-refractivity contribution is -0.108. The summed E-state index contributed by atoms with van der Waals surface area (Å²) in [6.07, 6.45) is 1.08. The van der Waals surface area contributed by atoms with E-state index in [2.05, 4.69) is 5.32 Å². The lowest BCUT2D eigenvalue weighted by Crippen LogP contribution is -2.40. The zero-order valence-electron chi connectivity index (χ0n) is 15.5. The minimum atomic E-state index is -0.568. The number of amides is 1. The van der Waals surface area contributed by atoms with Gasteiger partial charge in [0.25, 0.3) is 0 Å². The van der Waals surface area contributed by atoms with Gasteiger partial charge in [-0.25, -0.2) is 4.79 Å². The van der Waals surface area contributed by atoms with Crippen molar-refractivity contribution in [1.29, 1.82) is 0 Å². The van der Waals surface area contributed by atoms with Crippen molar-refractivity contribution in [2.75, 3.05) is 0 Å². The normalized spacial score (nSPS) is 13.1. The van der Waals surface area contributed by atoms with E-state index in [-0.39, 0.29) is 18.1 Å². The second-order valence-corrected chi connectivity index (χ2v) is 7.81. The third-order valence-corrected chi connectivity index (χ3v) is 2.93. The van der Waals surface area contributed by atoms with E-state index in [0.29, 0.717) is 6.42 Å². The molecule has 0 aliphatic rings. The molecule has 5 nitrogen and oxygen atoms in total. The lowest BCUT2D eigenvalue weighted by atomic mass is 10.0. The summed E-state index contributed by atoms with van der Waals surface area (Å²) in [7, 11) is 0. The summed E-state index contributed by atoms with van der Waals surface area (Å²) in [6.45, 7) is 11.4. The highest BCUT2D eigenvalue weighted by atomic mass is 16.6. The van der Waals surface area contributed by atoms with Gasteiger partial charge in [0.1, 0.15) is 23.2 Å². The molecule has 24 heavy (non-hydrogen) atoms. The molecule has 0 spiro atoms. The van der Waals surface area contributed by atoms with Crippen LogP contribution in [-0.2, 0) is 16.0 Å². The van der Waals surface area contributed by atoms with E-state index in [4.69, 9.17) is 9.47 Å². The van der Waals surface area contributed by atoms with Crippen LogP contribution in [0.25, 0.3) is 0 Å². The van der Waals surface area contributed by atoms with E-state index in [1.54, 1.807) is 20.8 Å². The maximum Gasteiger partial charge on any atom is 0.407 e. The van der Waals surface area contributed by atoms with Gasteiger partial charge in [0.2, 0.25) is 0 Å². The Morgan fingerprint density at radius 1 is 1.08 bits per heavy atom. The summed E-state index contributed by atoms with van der Waals surface area (Å²) in [5, 5.41) is 2.75. The average Bonchev–Trinajstić information content (AvgIpc) is 2.37. The summed E-state index contributed by atoms with van der Waals surface area (Å²) < 4.78 is 11.0. The molecule has 0 saturated heterocycles. The third kappa shape index (κ3) is 8.56. The number of carbonyl (C=O) groups is 2. The van der Waals surface area contributed by atoms with Crippen molar-refractivity contribution in [1.82, 2.24) is 5.32 Å². The van der Waals surface area contributed by atoms with Crippen molar-refractivity contribution >= 4 is 12.4 Å². The van der Waals surface area contributed by atoms with Crippen LogP contribution in [0.2, 0.25) is 0 Å². The Hall–Kier alpha value is -2.04. The fourth-order valence-electron chi connectivity index (χ4n) is 2.12. The van der Waals surface area contributed by atoms with E-state index in [1.165, 1.54) is 0 Å². The van der Waals surface area contributed by atoms with Crippen LogP contribution in [0.3, 0.4) is 0 Å². The highest BCUT2D eigenvalue weighted by Gasteiger charge is 2.20. The SMILES string of the molecule is CC(C)(C)OC(=O)NC(CC=O)Cc1ccc(OC(C)(C)C)cc1. The van der Waals surface area contributed by atoms with Crippen molar-refractivity contribution in [2.24, 2.45) is 0 Å². The first-order valence-electron chi connectivity index (χ1n) is 8.19. The highest BCUT2D eigenvalue weighted by Crippen LogP contribution is 2.19. The van der Waals surface area contributed by atoms with Gasteiger partial charge in [0.05, 0.1) is 0 Å². The minimum Gasteiger partial charge on any atom is -0.488 e. The Labute approximate surface area is 144 Å². The van der Waals surface area contributed by atoms with Gasteiger partial charge in [-0.1, -0.05) is 12.1 Å². The van der Waals surface area contributed by atoms with Gasteiger partial charge in [-0.15, -0.1) is 0 Å². The van der Waals surface area contributed by atoms with Crippen LogP contribution in [0, 0.1) is 0 Å². The van der Waals surface area contributed by atoms with E-state index in [1.807, 2.05) is 45.0 Å². The molecule has 0 bridgehead atoms. The number of nitrogens with one attached hydrogen (secondary N) is 1. The molecule has 5 heteroatoms. The van der Waals surface area contributed by atoms with Crippen molar-refractivity contribution in [3.05, 3.63) is 29.8 Å². The molecule has 1 unspecified atom stereocenters. The predicted molar refractivity (Wildman–Crippen MR) is 94.4 cm³/mol. The van der Waals surface area contributed by atoms with Gasteiger partial charge in [-0.2, -0.15) is 0 Å². The van der Waals surface area contributed by atoms with Crippen molar-refractivity contribution in [3.8, 4) is 5.75 Å². The molecule has 1 rings (SSSR count). The maximum atomic E-state index is 11.9. The molecule has 1 aromatic rings. The molecule has 0 fully saturated rings. The molecule has 0 radical (unpaired) electrons. The summed E-state index contributed by atoms with van der Waals surface area (Å²) in [5.74, 6) is 0.790. The third-order valence-electron chi connectivity index (χ3n) is 2.93. The largest absolute Gasteiger partial charge is 0.488 e. The summed E-state index contributed by atoms with van der Waals surface area (Å²) in [5.41, 5.74) is 0.195. The molecule has 1 atom stereocenters. The fraction of sp³-hybridized carbons (Fsp3) is 0.579. The first-order chi connectivity index (χ1) is 11.0. The summed E-state index contributed by atoms with van der Waals surface area (Å²) >= 11 is 0. The van der Waals surface area contributed by atoms with Crippen LogP contribution in [0.4, 0.5) is 4.79 Å². The molecule has 1 N–H and O–H groups in total. The molecule has 134 valence electrons. The molecule has 0 saturated carbocycles. The first kappa shape index (κ1) is 20.0. The van der Waals surface area contributed by atoms with Gasteiger partial charge in [0, 0.05) is 12.5 Å². The minimum absolute atomic E-state index is 0.236. The van der Waals surface area contributed by atoms with Crippen molar-refractivity contribution in [3.63, 3.8) is 0 Å². The van der Waals surface area contributed by atoms with Gasteiger partial charge >= 0.3 is 6.09 Å². The standard InChI is InChI=1S/C19H29NO4/c1-18(2,3)23-16-9-7-14(8-10-16)13-15(11-12-21)20-17(22)24-19(4,5)6/h7-10,12,15H,11,13H2,1-6H3,(H,20,22). The molecule has 0 aliphatic carbocycles. The summed E-state index contributed by atoms with van der Waals surface area (Å²) in [6, 6.07) is 7.37. The smallest absolute Gasteiger partial charge is 0.407 e. The maximum absolute atomic E-state index is 11.9. The van der Waals surface area contributed by atoms with E-state index < -0.39 is 11.7 Å². The Kier molecular flexibility index (Phi) is 6.81. The molecule has 1 aromatic carbocycles. The number of hydrogen-bond donors (Lipinski definition) is 1. The van der Waals surface area contributed by atoms with Crippen LogP contribution in [0.5, 0.6) is 5.75 Å². The molecular formula is C19H29NO4. The lowest BCUT2D eigenvalue weighted by Gasteiger charge is -2.23. The highest BCUT2D eigenvalue weighted by molar-refractivity contribution is 5.68. The molecule has 1 amide bonds. The van der Waals surface area contributed by atoms with Gasteiger partial charge in [-0.05, 0) is 65.7 Å². The van der Waals surface area contributed by atoms with Crippen LogP contribution in [-0.4, -0.2) is 29.6 Å². The van der Waals surface area contributed by atoms with Crippen LogP contribution < -0.4 is 10.1 Å². The number of carbonyl (C=O) groups excluding carboxylic acids is 2. The zero-order valence-corrected chi connectivity index (χ0v) is 15.5. The van der Waals surface area contributed by atoms with Crippen LogP contribution >= 0.6 is 0 Å². The van der Waals surface area contributed by atoms with Gasteiger partial charge < -0.3 is 19.6 Å². The number of benzene rings is 1. The number of rotatable bonds is 6. The molecule has 0 aromatic heterocycles. The van der Waals surface area contributed by atoms with Crippen LogP contribution in [0.1, 0.15) is 53.5 Å². The molecular weight excluding hydrogens is 306 g/mol. The zero-order chi connectivity index (χ0) is 18.4. The second-order valence-electron chi connectivity index (χ2n) is 7.81. The molecule has 0 heterocycles. The Bertz CT molecular complexity index is 538. The summed E-state index contributed by atoms with van der Waals surface area (Å²) in [4.78, 5) is 22.7. The first-order valence-corrected chi connectivity index (χ1v) is 8.19. The average molecular weight is 335 g/mol. The topological polar surface area (TPSA) is 64.6 Å². The number of ether oxygens (including phenoxy) is 2. The Balaban J connectivity index is 2.68. The monoisotopic (exact) mass is 335 g/mol. The van der Waals surface area contributed by atoms with Gasteiger partial charge in [-0.3, -0.25) is 0 Å².